The first-order chi connectivity index (χ1) is 4.74. The van der Waals surface area contributed by atoms with E-state index in [4.69, 9.17) is 5.73 Å². The molecule has 0 fully saturated rings. The van der Waals surface area contributed by atoms with Crippen molar-refractivity contribution >= 4 is 24.8 Å². The molecule has 0 amide bonds. The Morgan fingerprint density at radius 3 is 2.42 bits per heavy atom. The lowest BCUT2D eigenvalue weighted by Crippen LogP contribution is -2.10. The fraction of sp³-hybridized carbons (Fsp3) is 0.667. The largest absolute Gasteiger partial charge is 0.321 e. The molecule has 1 aromatic heterocycles. The normalized spacial score (nSPS) is 11.2. The minimum Gasteiger partial charge on any atom is -0.321 e. The van der Waals surface area contributed by atoms with Crippen molar-refractivity contribution in [3.63, 3.8) is 0 Å². The van der Waals surface area contributed by atoms with Gasteiger partial charge in [-0.2, -0.15) is 5.10 Å². The number of nitrogens with two attached hydrogens (primary N) is 1. The Balaban J connectivity index is 0. The van der Waals surface area contributed by atoms with Gasteiger partial charge < -0.3 is 5.73 Å². The third kappa shape index (κ3) is 3.38. The monoisotopic (exact) mass is 212 g/mol. The predicted octanol–water partition coefficient (Wildman–Crippen LogP) is 1.37. The predicted molar refractivity (Wildman–Crippen MR) is 52.8 cm³/mol. The van der Waals surface area contributed by atoms with Crippen LogP contribution in [0.5, 0.6) is 0 Å². The molecular formula is C6H14Cl2N4. The van der Waals surface area contributed by atoms with E-state index in [0.29, 0.717) is 5.82 Å². The molecule has 1 rings (SSSR count). The summed E-state index contributed by atoms with van der Waals surface area (Å²) in [6.07, 6.45) is 0.872. The minimum absolute atomic E-state index is 0. The zero-order valence-corrected chi connectivity index (χ0v) is 8.71. The molecule has 0 radical (unpaired) electrons. The number of aromatic amines is 1. The highest BCUT2D eigenvalue weighted by atomic mass is 35.5. The molecule has 72 valence electrons. The van der Waals surface area contributed by atoms with E-state index in [-0.39, 0.29) is 30.9 Å². The number of hydrogen-bond acceptors (Lipinski definition) is 3. The molecule has 0 aliphatic heterocycles. The van der Waals surface area contributed by atoms with E-state index >= 15 is 0 Å². The van der Waals surface area contributed by atoms with Gasteiger partial charge in [-0.3, -0.25) is 5.10 Å². The molecule has 1 aromatic rings. The van der Waals surface area contributed by atoms with Crippen molar-refractivity contribution in [2.24, 2.45) is 5.73 Å². The SMILES string of the molecule is CC[C@H](N)c1n[nH]c(C)n1.Cl.Cl. The van der Waals surface area contributed by atoms with E-state index in [1.165, 1.54) is 0 Å². The number of aromatic nitrogens is 3. The third-order valence-electron chi connectivity index (χ3n) is 1.39. The number of nitrogens with zero attached hydrogens (tertiary/aromatic N) is 2. The van der Waals surface area contributed by atoms with Crippen molar-refractivity contribution in [1.29, 1.82) is 0 Å². The number of nitrogens with one attached hydrogen (secondary N) is 1. The van der Waals surface area contributed by atoms with Gasteiger partial charge in [0.2, 0.25) is 0 Å². The van der Waals surface area contributed by atoms with E-state index in [1.54, 1.807) is 0 Å². The summed E-state index contributed by atoms with van der Waals surface area (Å²) in [6, 6.07) is -0.0232. The summed E-state index contributed by atoms with van der Waals surface area (Å²) >= 11 is 0. The van der Waals surface area contributed by atoms with Crippen molar-refractivity contribution in [2.75, 3.05) is 0 Å². The maximum absolute atomic E-state index is 5.66. The average molecular weight is 213 g/mol. The van der Waals surface area contributed by atoms with Gasteiger partial charge in [0.15, 0.2) is 5.82 Å². The second kappa shape index (κ2) is 6.22. The number of H-pyrrole nitrogens is 1. The molecule has 0 aliphatic rings. The molecule has 3 N–H and O–H groups in total. The molecular weight excluding hydrogens is 199 g/mol. The van der Waals surface area contributed by atoms with Crippen molar-refractivity contribution < 1.29 is 0 Å². The fourth-order valence-electron chi connectivity index (χ4n) is 0.708. The molecule has 0 saturated heterocycles. The summed E-state index contributed by atoms with van der Waals surface area (Å²) in [5.74, 6) is 1.53. The molecule has 12 heavy (non-hydrogen) atoms. The van der Waals surface area contributed by atoms with E-state index in [9.17, 15) is 0 Å². The quantitative estimate of drug-likeness (QED) is 0.779. The summed E-state index contributed by atoms with van der Waals surface area (Å²) in [4.78, 5) is 4.09. The summed E-state index contributed by atoms with van der Waals surface area (Å²) in [5, 5.41) is 6.67. The Morgan fingerprint density at radius 2 is 2.08 bits per heavy atom. The third-order valence-corrected chi connectivity index (χ3v) is 1.39. The fourth-order valence-corrected chi connectivity index (χ4v) is 0.708. The number of halogens is 2. The lowest BCUT2D eigenvalue weighted by atomic mass is 10.2. The summed E-state index contributed by atoms with van der Waals surface area (Å²) in [6.45, 7) is 3.87. The molecule has 1 atom stereocenters. The molecule has 0 aromatic carbocycles. The maximum atomic E-state index is 5.66. The van der Waals surface area contributed by atoms with Gasteiger partial charge >= 0.3 is 0 Å². The van der Waals surface area contributed by atoms with E-state index in [0.717, 1.165) is 12.2 Å². The zero-order chi connectivity index (χ0) is 7.56. The molecule has 0 unspecified atom stereocenters. The zero-order valence-electron chi connectivity index (χ0n) is 7.07. The topological polar surface area (TPSA) is 67.6 Å². The lowest BCUT2D eigenvalue weighted by Gasteiger charge is -1.99. The van der Waals surface area contributed by atoms with E-state index < -0.39 is 0 Å². The van der Waals surface area contributed by atoms with Gasteiger partial charge in [-0.1, -0.05) is 6.92 Å². The van der Waals surface area contributed by atoms with Gasteiger partial charge in [0.25, 0.3) is 0 Å². The minimum atomic E-state index is -0.0232. The van der Waals surface area contributed by atoms with Crippen LogP contribution in [0, 0.1) is 6.92 Å². The first kappa shape index (κ1) is 14.2. The van der Waals surface area contributed by atoms with Crippen molar-refractivity contribution in [2.45, 2.75) is 26.3 Å². The number of aryl methyl sites for hydroxylation is 1. The van der Waals surface area contributed by atoms with Crippen molar-refractivity contribution in [3.05, 3.63) is 11.6 Å². The lowest BCUT2D eigenvalue weighted by molar-refractivity contribution is 0.652. The highest BCUT2D eigenvalue weighted by Gasteiger charge is 2.06. The molecule has 1 heterocycles. The van der Waals surface area contributed by atoms with Gasteiger partial charge in [0, 0.05) is 0 Å². The highest BCUT2D eigenvalue weighted by Crippen LogP contribution is 2.06. The smallest absolute Gasteiger partial charge is 0.167 e. The maximum Gasteiger partial charge on any atom is 0.167 e. The van der Waals surface area contributed by atoms with Gasteiger partial charge in [0.05, 0.1) is 6.04 Å². The first-order valence-electron chi connectivity index (χ1n) is 3.38. The molecule has 6 heteroatoms. The first-order valence-corrected chi connectivity index (χ1v) is 3.38. The van der Waals surface area contributed by atoms with Gasteiger partial charge in [-0.15, -0.1) is 24.8 Å². The number of rotatable bonds is 2. The van der Waals surface area contributed by atoms with E-state index in [2.05, 4.69) is 15.2 Å². The molecule has 4 nitrogen and oxygen atoms in total. The average Bonchev–Trinajstić information content (AvgIpc) is 2.34. The summed E-state index contributed by atoms with van der Waals surface area (Å²) in [5.41, 5.74) is 5.66. The molecule has 0 saturated carbocycles. The second-order valence-corrected chi connectivity index (χ2v) is 2.29. The van der Waals surface area contributed by atoms with E-state index in [1.807, 2.05) is 13.8 Å². The van der Waals surface area contributed by atoms with Gasteiger partial charge in [-0.25, -0.2) is 4.98 Å². The van der Waals surface area contributed by atoms with Crippen LogP contribution in [0.25, 0.3) is 0 Å². The summed E-state index contributed by atoms with van der Waals surface area (Å²) < 4.78 is 0. The molecule has 0 spiro atoms. The Bertz CT molecular complexity index is 213. The van der Waals surface area contributed by atoms with Gasteiger partial charge in [-0.05, 0) is 13.3 Å². The Labute approximate surface area is 84.2 Å². The van der Waals surface area contributed by atoms with Crippen LogP contribution in [0.1, 0.15) is 31.0 Å². The van der Waals surface area contributed by atoms with Crippen molar-refractivity contribution in [3.8, 4) is 0 Å². The Hall–Kier alpha value is -0.320. The standard InChI is InChI=1S/C6H12N4.2ClH/c1-3-5(7)6-8-4(2)9-10-6;;/h5H,3,7H2,1-2H3,(H,8,9,10);2*1H/t5-;;/m0../s1. The van der Waals surface area contributed by atoms with Crippen LogP contribution < -0.4 is 5.73 Å². The van der Waals surface area contributed by atoms with Gasteiger partial charge in [0.1, 0.15) is 5.82 Å². The van der Waals surface area contributed by atoms with Crippen LogP contribution in [0.2, 0.25) is 0 Å². The second-order valence-electron chi connectivity index (χ2n) is 2.29. The van der Waals surface area contributed by atoms with Crippen LogP contribution >= 0.6 is 24.8 Å². The summed E-state index contributed by atoms with van der Waals surface area (Å²) in [7, 11) is 0. The highest BCUT2D eigenvalue weighted by molar-refractivity contribution is 5.85. The Kier molecular flexibility index (Phi) is 7.37. The van der Waals surface area contributed by atoms with Crippen molar-refractivity contribution in [1.82, 2.24) is 15.2 Å². The van der Waals surface area contributed by atoms with Crippen LogP contribution in [-0.4, -0.2) is 15.2 Å². The Morgan fingerprint density at radius 1 is 1.50 bits per heavy atom. The number of hydrogen-bond donors (Lipinski definition) is 2. The molecule has 0 aliphatic carbocycles. The van der Waals surface area contributed by atoms with Crippen LogP contribution in [0.3, 0.4) is 0 Å². The van der Waals surface area contributed by atoms with Crippen LogP contribution in [0.4, 0.5) is 0 Å². The van der Waals surface area contributed by atoms with Crippen LogP contribution in [0.15, 0.2) is 0 Å². The van der Waals surface area contributed by atoms with Crippen LogP contribution in [-0.2, 0) is 0 Å². The molecule has 0 bridgehead atoms.